The third kappa shape index (κ3) is 3.98. The van der Waals surface area contributed by atoms with Gasteiger partial charge in [0.05, 0.1) is 12.9 Å². The predicted molar refractivity (Wildman–Crippen MR) is 125 cm³/mol. The van der Waals surface area contributed by atoms with Gasteiger partial charge in [-0.05, 0) is 12.5 Å². The molecular weight excluding hydrogens is 446 g/mol. The summed E-state index contributed by atoms with van der Waals surface area (Å²) in [4.78, 5) is 54.4. The highest BCUT2D eigenvalue weighted by molar-refractivity contribution is 7.15. The molecular formula is C22H21N5O5S. The third-order valence-corrected chi connectivity index (χ3v) is 6.03. The summed E-state index contributed by atoms with van der Waals surface area (Å²) < 4.78 is 8.80. The number of carbonyl (C=O) groups is 2. The zero-order valence-electron chi connectivity index (χ0n) is 18.2. The SMILES string of the molecule is CCOC(=O)c1c(-c2ccccc2)csc1NC(=O)Cn1cnc2c1c(=O)n(C)c(=O)n2C. The van der Waals surface area contributed by atoms with E-state index in [1.807, 2.05) is 30.3 Å². The number of hydrogen-bond acceptors (Lipinski definition) is 7. The number of amides is 1. The first-order valence-electron chi connectivity index (χ1n) is 10.1. The second-order valence-corrected chi connectivity index (χ2v) is 8.12. The average Bonchev–Trinajstić information content (AvgIpc) is 3.41. The molecule has 0 bridgehead atoms. The zero-order chi connectivity index (χ0) is 23.7. The molecule has 1 amide bonds. The molecule has 10 nitrogen and oxygen atoms in total. The molecule has 0 spiro atoms. The second kappa shape index (κ2) is 8.87. The molecule has 11 heteroatoms. The van der Waals surface area contributed by atoms with Gasteiger partial charge < -0.3 is 14.6 Å². The molecule has 0 aliphatic rings. The summed E-state index contributed by atoms with van der Waals surface area (Å²) in [5.41, 5.74) is 1.02. The Hall–Kier alpha value is -3.99. The molecule has 4 aromatic rings. The molecule has 1 N–H and O–H groups in total. The third-order valence-electron chi connectivity index (χ3n) is 5.14. The van der Waals surface area contributed by atoms with Crippen LogP contribution in [0.15, 0.2) is 51.6 Å². The van der Waals surface area contributed by atoms with Crippen molar-refractivity contribution in [2.24, 2.45) is 14.1 Å². The first-order valence-corrected chi connectivity index (χ1v) is 11.0. The number of anilines is 1. The number of fused-ring (bicyclic) bond motifs is 1. The van der Waals surface area contributed by atoms with E-state index in [9.17, 15) is 19.2 Å². The summed E-state index contributed by atoms with van der Waals surface area (Å²) in [6, 6.07) is 9.33. The minimum absolute atomic E-state index is 0.136. The van der Waals surface area contributed by atoms with E-state index in [4.69, 9.17) is 4.74 Å². The molecule has 0 saturated heterocycles. The zero-order valence-corrected chi connectivity index (χ0v) is 19.0. The number of nitrogens with zero attached hydrogens (tertiary/aromatic N) is 4. The van der Waals surface area contributed by atoms with Crippen molar-refractivity contribution in [3.63, 3.8) is 0 Å². The van der Waals surface area contributed by atoms with Crippen LogP contribution in [0.5, 0.6) is 0 Å². The van der Waals surface area contributed by atoms with Gasteiger partial charge in [-0.2, -0.15) is 0 Å². The van der Waals surface area contributed by atoms with Crippen LogP contribution in [-0.4, -0.2) is 37.2 Å². The van der Waals surface area contributed by atoms with Gasteiger partial charge in [0.1, 0.15) is 17.1 Å². The maximum absolute atomic E-state index is 12.9. The van der Waals surface area contributed by atoms with E-state index >= 15 is 0 Å². The summed E-state index contributed by atoms with van der Waals surface area (Å²) in [5, 5.41) is 4.89. The van der Waals surface area contributed by atoms with E-state index in [-0.39, 0.29) is 29.9 Å². The van der Waals surface area contributed by atoms with Gasteiger partial charge in [0.15, 0.2) is 11.2 Å². The van der Waals surface area contributed by atoms with Crippen molar-refractivity contribution in [3.05, 3.63) is 68.4 Å². The molecule has 170 valence electrons. The van der Waals surface area contributed by atoms with Gasteiger partial charge in [-0.3, -0.25) is 18.7 Å². The molecule has 1 aromatic carbocycles. The number of carbonyl (C=O) groups excluding carboxylic acids is 2. The Balaban J connectivity index is 1.68. The lowest BCUT2D eigenvalue weighted by Crippen LogP contribution is -2.37. The molecule has 0 saturated carbocycles. The summed E-state index contributed by atoms with van der Waals surface area (Å²) >= 11 is 1.21. The first kappa shape index (κ1) is 22.2. The van der Waals surface area contributed by atoms with Crippen molar-refractivity contribution in [1.82, 2.24) is 18.7 Å². The maximum atomic E-state index is 12.9. The fraction of sp³-hybridized carbons (Fsp3) is 0.227. The molecule has 0 radical (unpaired) electrons. The van der Waals surface area contributed by atoms with Crippen LogP contribution in [0.3, 0.4) is 0 Å². The molecule has 0 aliphatic carbocycles. The molecule has 4 rings (SSSR count). The maximum Gasteiger partial charge on any atom is 0.341 e. The molecule has 3 heterocycles. The van der Waals surface area contributed by atoms with Gasteiger partial charge in [-0.15, -0.1) is 11.3 Å². The van der Waals surface area contributed by atoms with Crippen LogP contribution in [0.1, 0.15) is 17.3 Å². The largest absolute Gasteiger partial charge is 0.462 e. The Morgan fingerprint density at radius 2 is 1.85 bits per heavy atom. The highest BCUT2D eigenvalue weighted by atomic mass is 32.1. The van der Waals surface area contributed by atoms with Gasteiger partial charge >= 0.3 is 11.7 Å². The monoisotopic (exact) mass is 467 g/mol. The lowest BCUT2D eigenvalue weighted by molar-refractivity contribution is -0.116. The van der Waals surface area contributed by atoms with Crippen LogP contribution in [0.4, 0.5) is 5.00 Å². The quantitative estimate of drug-likeness (QED) is 0.434. The number of imidazole rings is 1. The minimum Gasteiger partial charge on any atom is -0.462 e. The summed E-state index contributed by atoms with van der Waals surface area (Å²) in [5.74, 6) is -0.998. The topological polar surface area (TPSA) is 117 Å². The van der Waals surface area contributed by atoms with Gasteiger partial charge in [-0.25, -0.2) is 14.6 Å². The number of aromatic nitrogens is 4. The van der Waals surface area contributed by atoms with E-state index in [1.165, 1.54) is 40.9 Å². The minimum atomic E-state index is -0.548. The number of rotatable bonds is 6. The van der Waals surface area contributed by atoms with Gasteiger partial charge in [0.25, 0.3) is 5.56 Å². The van der Waals surface area contributed by atoms with Crippen molar-refractivity contribution >= 4 is 39.4 Å². The highest BCUT2D eigenvalue weighted by Crippen LogP contribution is 2.36. The van der Waals surface area contributed by atoms with Crippen LogP contribution in [0.25, 0.3) is 22.3 Å². The second-order valence-electron chi connectivity index (χ2n) is 7.24. The Morgan fingerprint density at radius 1 is 1.12 bits per heavy atom. The van der Waals surface area contributed by atoms with E-state index in [2.05, 4.69) is 10.3 Å². The number of ether oxygens (including phenoxy) is 1. The van der Waals surface area contributed by atoms with Crippen molar-refractivity contribution < 1.29 is 14.3 Å². The van der Waals surface area contributed by atoms with Crippen LogP contribution in [0, 0.1) is 0 Å². The van der Waals surface area contributed by atoms with Crippen LogP contribution >= 0.6 is 11.3 Å². The number of aryl methyl sites for hydroxylation is 1. The van der Waals surface area contributed by atoms with Gasteiger partial charge in [-0.1, -0.05) is 30.3 Å². The number of benzene rings is 1. The van der Waals surface area contributed by atoms with Crippen molar-refractivity contribution in [2.75, 3.05) is 11.9 Å². The fourth-order valence-corrected chi connectivity index (χ4v) is 4.50. The Labute approximate surface area is 191 Å². The smallest absolute Gasteiger partial charge is 0.341 e. The molecule has 0 fully saturated rings. The Bertz CT molecular complexity index is 1480. The number of thiophene rings is 1. The van der Waals surface area contributed by atoms with E-state index < -0.39 is 23.1 Å². The van der Waals surface area contributed by atoms with Gasteiger partial charge in [0, 0.05) is 25.0 Å². The first-order chi connectivity index (χ1) is 15.8. The Morgan fingerprint density at radius 3 is 2.55 bits per heavy atom. The van der Waals surface area contributed by atoms with E-state index in [0.717, 1.165) is 10.1 Å². The lowest BCUT2D eigenvalue weighted by atomic mass is 10.0. The van der Waals surface area contributed by atoms with Crippen LogP contribution in [0.2, 0.25) is 0 Å². The summed E-state index contributed by atoms with van der Waals surface area (Å²) in [6.45, 7) is 1.67. The number of nitrogens with one attached hydrogen (secondary N) is 1. The van der Waals surface area contributed by atoms with Crippen LogP contribution < -0.4 is 16.6 Å². The van der Waals surface area contributed by atoms with Crippen molar-refractivity contribution in [1.29, 1.82) is 0 Å². The molecule has 3 aromatic heterocycles. The lowest BCUT2D eigenvalue weighted by Gasteiger charge is -2.10. The van der Waals surface area contributed by atoms with E-state index in [1.54, 1.807) is 12.3 Å². The van der Waals surface area contributed by atoms with E-state index in [0.29, 0.717) is 10.6 Å². The highest BCUT2D eigenvalue weighted by Gasteiger charge is 2.23. The molecule has 33 heavy (non-hydrogen) atoms. The molecule has 0 unspecified atom stereocenters. The van der Waals surface area contributed by atoms with Gasteiger partial charge in [0.2, 0.25) is 5.91 Å². The fourth-order valence-electron chi connectivity index (χ4n) is 3.52. The normalized spacial score (nSPS) is 11.0. The number of esters is 1. The summed E-state index contributed by atoms with van der Waals surface area (Å²) in [6.07, 6.45) is 1.33. The standard InChI is InChI=1S/C22H21N5O5S/c1-4-32-21(30)16-14(13-8-6-5-7-9-13)11-33-19(16)24-15(28)10-27-12-23-18-17(27)20(29)26(3)22(31)25(18)2/h5-9,11-12H,4,10H2,1-3H3,(H,24,28). The molecule has 0 atom stereocenters. The molecule has 0 aliphatic heterocycles. The summed E-state index contributed by atoms with van der Waals surface area (Å²) in [7, 11) is 2.87. The average molecular weight is 468 g/mol. The van der Waals surface area contributed by atoms with Crippen LogP contribution in [-0.2, 0) is 30.2 Å². The predicted octanol–water partition coefficient (Wildman–Crippen LogP) is 1.98. The number of hydrogen-bond donors (Lipinski definition) is 1. The van der Waals surface area contributed by atoms with Crippen molar-refractivity contribution in [3.8, 4) is 11.1 Å². The Kier molecular flexibility index (Phi) is 5.97. The van der Waals surface area contributed by atoms with Crippen molar-refractivity contribution in [2.45, 2.75) is 13.5 Å².